The molecule has 1 heterocycles. The summed E-state index contributed by atoms with van der Waals surface area (Å²) in [5, 5.41) is 4.09. The van der Waals surface area contributed by atoms with Crippen LogP contribution in [0.3, 0.4) is 0 Å². The largest absolute Gasteiger partial charge is 0.497 e. The fourth-order valence-corrected chi connectivity index (χ4v) is 2.63. The van der Waals surface area contributed by atoms with Gasteiger partial charge in [0.15, 0.2) is 0 Å². The zero-order valence-corrected chi connectivity index (χ0v) is 9.14. The highest BCUT2D eigenvalue weighted by Crippen LogP contribution is 2.20. The van der Waals surface area contributed by atoms with E-state index < -0.39 is 0 Å². The molecule has 1 aromatic rings. The molecule has 0 aromatic heterocycles. The maximum Gasteiger partial charge on any atom is 0.118 e. The highest BCUT2D eigenvalue weighted by atomic mass is 32.2. The highest BCUT2D eigenvalue weighted by Gasteiger charge is 2.14. The normalized spacial score (nSPS) is 21.1. The SMILES string of the molecule is COc1ccc(CC2CNCS2)cc1. The third-order valence-electron chi connectivity index (χ3n) is 2.42. The molecule has 0 saturated carbocycles. The number of hydrogen-bond acceptors (Lipinski definition) is 3. The Morgan fingerprint density at radius 2 is 2.21 bits per heavy atom. The number of thioether (sulfide) groups is 1. The summed E-state index contributed by atoms with van der Waals surface area (Å²) in [6, 6.07) is 8.36. The van der Waals surface area contributed by atoms with Crippen molar-refractivity contribution in [2.24, 2.45) is 0 Å². The zero-order chi connectivity index (χ0) is 9.80. The minimum atomic E-state index is 0.739. The molecule has 1 fully saturated rings. The van der Waals surface area contributed by atoms with Gasteiger partial charge in [0.1, 0.15) is 5.75 Å². The summed E-state index contributed by atoms with van der Waals surface area (Å²) < 4.78 is 5.12. The standard InChI is InChI=1S/C11H15NOS/c1-13-10-4-2-9(3-5-10)6-11-7-12-8-14-11/h2-5,11-12H,6-8H2,1H3. The molecule has 2 rings (SSSR count). The quantitative estimate of drug-likeness (QED) is 0.821. The second kappa shape index (κ2) is 4.71. The van der Waals surface area contributed by atoms with Crippen molar-refractivity contribution in [1.29, 1.82) is 0 Å². The predicted molar refractivity (Wildman–Crippen MR) is 60.9 cm³/mol. The molecular formula is C11H15NOS. The van der Waals surface area contributed by atoms with E-state index in [2.05, 4.69) is 17.4 Å². The number of nitrogens with one attached hydrogen (secondary N) is 1. The Hall–Kier alpha value is -0.670. The number of hydrogen-bond donors (Lipinski definition) is 1. The van der Waals surface area contributed by atoms with E-state index in [0.717, 1.165) is 29.8 Å². The second-order valence-corrected chi connectivity index (χ2v) is 4.73. The molecule has 0 bridgehead atoms. The fraction of sp³-hybridized carbons (Fsp3) is 0.455. The first kappa shape index (κ1) is 9.87. The minimum Gasteiger partial charge on any atom is -0.497 e. The zero-order valence-electron chi connectivity index (χ0n) is 8.32. The van der Waals surface area contributed by atoms with Crippen LogP contribution < -0.4 is 10.1 Å². The molecule has 1 atom stereocenters. The van der Waals surface area contributed by atoms with Crippen LogP contribution in [0, 0.1) is 0 Å². The molecular weight excluding hydrogens is 194 g/mol. The molecule has 1 aliphatic rings. The van der Waals surface area contributed by atoms with E-state index in [0.29, 0.717) is 0 Å². The maximum absolute atomic E-state index is 5.12. The van der Waals surface area contributed by atoms with Crippen LogP contribution in [0.4, 0.5) is 0 Å². The molecule has 1 aromatic carbocycles. The maximum atomic E-state index is 5.12. The molecule has 1 unspecified atom stereocenters. The molecule has 1 N–H and O–H groups in total. The van der Waals surface area contributed by atoms with Crippen molar-refractivity contribution >= 4 is 11.8 Å². The molecule has 2 nitrogen and oxygen atoms in total. The molecule has 0 amide bonds. The first-order valence-electron chi connectivity index (χ1n) is 4.84. The lowest BCUT2D eigenvalue weighted by molar-refractivity contribution is 0.414. The molecule has 0 radical (unpaired) electrons. The summed E-state index contributed by atoms with van der Waals surface area (Å²) in [6.07, 6.45) is 1.15. The Bertz CT molecular complexity index is 280. The number of ether oxygens (including phenoxy) is 1. The minimum absolute atomic E-state index is 0.739. The van der Waals surface area contributed by atoms with Crippen LogP contribution in [0.1, 0.15) is 5.56 Å². The Balaban J connectivity index is 1.95. The fourth-order valence-electron chi connectivity index (χ4n) is 1.61. The van der Waals surface area contributed by atoms with Crippen LogP contribution in [0.2, 0.25) is 0 Å². The van der Waals surface area contributed by atoms with Crippen molar-refractivity contribution in [2.45, 2.75) is 11.7 Å². The molecule has 1 aliphatic heterocycles. The van der Waals surface area contributed by atoms with Gasteiger partial charge in [-0.2, -0.15) is 0 Å². The van der Waals surface area contributed by atoms with E-state index in [9.17, 15) is 0 Å². The average molecular weight is 209 g/mol. The van der Waals surface area contributed by atoms with Gasteiger partial charge in [-0.05, 0) is 24.1 Å². The van der Waals surface area contributed by atoms with Gasteiger partial charge in [-0.1, -0.05) is 12.1 Å². The number of rotatable bonds is 3. The van der Waals surface area contributed by atoms with Gasteiger partial charge in [0, 0.05) is 17.7 Å². The number of benzene rings is 1. The van der Waals surface area contributed by atoms with E-state index >= 15 is 0 Å². The summed E-state index contributed by atoms with van der Waals surface area (Å²) in [5.74, 6) is 2.03. The van der Waals surface area contributed by atoms with Crippen LogP contribution in [-0.4, -0.2) is 24.8 Å². The van der Waals surface area contributed by atoms with Crippen molar-refractivity contribution < 1.29 is 4.74 Å². The topological polar surface area (TPSA) is 21.3 Å². The van der Waals surface area contributed by atoms with Crippen LogP contribution in [-0.2, 0) is 6.42 Å². The summed E-state index contributed by atoms with van der Waals surface area (Å²) in [5.41, 5.74) is 1.40. The van der Waals surface area contributed by atoms with E-state index in [4.69, 9.17) is 4.74 Å². The third kappa shape index (κ3) is 2.42. The first-order valence-corrected chi connectivity index (χ1v) is 5.88. The Morgan fingerprint density at radius 1 is 1.43 bits per heavy atom. The van der Waals surface area contributed by atoms with Gasteiger partial charge in [0.05, 0.1) is 7.11 Å². The Morgan fingerprint density at radius 3 is 2.79 bits per heavy atom. The lowest BCUT2D eigenvalue weighted by Gasteiger charge is -2.07. The Labute approximate surface area is 89.0 Å². The van der Waals surface area contributed by atoms with E-state index in [1.54, 1.807) is 7.11 Å². The monoisotopic (exact) mass is 209 g/mol. The first-order chi connectivity index (χ1) is 6.88. The van der Waals surface area contributed by atoms with E-state index in [1.807, 2.05) is 23.9 Å². The highest BCUT2D eigenvalue weighted by molar-refractivity contribution is 8.00. The predicted octanol–water partition coefficient (Wildman–Crippen LogP) is 1.90. The van der Waals surface area contributed by atoms with Crippen molar-refractivity contribution in [3.63, 3.8) is 0 Å². The molecule has 14 heavy (non-hydrogen) atoms. The van der Waals surface area contributed by atoms with Gasteiger partial charge >= 0.3 is 0 Å². The van der Waals surface area contributed by atoms with E-state index in [-0.39, 0.29) is 0 Å². The van der Waals surface area contributed by atoms with Crippen molar-refractivity contribution in [1.82, 2.24) is 5.32 Å². The summed E-state index contributed by atoms with van der Waals surface area (Å²) in [7, 11) is 1.70. The average Bonchev–Trinajstić information content (AvgIpc) is 2.72. The third-order valence-corrected chi connectivity index (χ3v) is 3.59. The van der Waals surface area contributed by atoms with E-state index in [1.165, 1.54) is 5.56 Å². The lowest BCUT2D eigenvalue weighted by atomic mass is 10.1. The molecule has 1 saturated heterocycles. The van der Waals surface area contributed by atoms with Gasteiger partial charge < -0.3 is 10.1 Å². The summed E-state index contributed by atoms with van der Waals surface area (Å²) in [4.78, 5) is 0. The molecule has 0 spiro atoms. The van der Waals surface area contributed by atoms with Crippen LogP contribution in [0.5, 0.6) is 5.75 Å². The van der Waals surface area contributed by atoms with Gasteiger partial charge in [0.25, 0.3) is 0 Å². The van der Waals surface area contributed by atoms with Gasteiger partial charge in [-0.25, -0.2) is 0 Å². The van der Waals surface area contributed by atoms with Gasteiger partial charge in [-0.15, -0.1) is 11.8 Å². The van der Waals surface area contributed by atoms with Crippen molar-refractivity contribution in [3.8, 4) is 5.75 Å². The molecule has 3 heteroatoms. The smallest absolute Gasteiger partial charge is 0.118 e. The van der Waals surface area contributed by atoms with Crippen LogP contribution in [0.25, 0.3) is 0 Å². The van der Waals surface area contributed by atoms with Crippen LogP contribution in [0.15, 0.2) is 24.3 Å². The number of methoxy groups -OCH3 is 1. The summed E-state index contributed by atoms with van der Waals surface area (Å²) in [6.45, 7) is 1.14. The Kier molecular flexibility index (Phi) is 3.32. The molecule has 0 aliphatic carbocycles. The molecule has 76 valence electrons. The second-order valence-electron chi connectivity index (χ2n) is 3.44. The van der Waals surface area contributed by atoms with Crippen molar-refractivity contribution in [3.05, 3.63) is 29.8 Å². The van der Waals surface area contributed by atoms with Crippen LogP contribution >= 0.6 is 11.8 Å². The van der Waals surface area contributed by atoms with Crippen molar-refractivity contribution in [2.75, 3.05) is 19.5 Å². The lowest BCUT2D eigenvalue weighted by Crippen LogP contribution is -2.14. The van der Waals surface area contributed by atoms with Gasteiger partial charge in [0.2, 0.25) is 0 Å². The van der Waals surface area contributed by atoms with Gasteiger partial charge in [-0.3, -0.25) is 0 Å². The summed E-state index contributed by atoms with van der Waals surface area (Å²) >= 11 is 2.00.